The third-order valence-corrected chi connectivity index (χ3v) is 6.66. The molecule has 0 radical (unpaired) electrons. The maximum Gasteiger partial charge on any atom is 0.511 e. The molecule has 0 aromatic carbocycles. The van der Waals surface area contributed by atoms with E-state index in [1.165, 1.54) is 0 Å². The van der Waals surface area contributed by atoms with Crippen molar-refractivity contribution >= 4 is 33.1 Å². The number of aromatic nitrogens is 4. The Balaban J connectivity index is 0.000000216. The normalized spacial score (nSPS) is 19.6. The molecule has 170 valence electrons. The minimum atomic E-state index is -5.27. The van der Waals surface area contributed by atoms with Gasteiger partial charge < -0.3 is 10.8 Å². The second-order valence-corrected chi connectivity index (χ2v) is 9.60. The fraction of sp³-hybridized carbons (Fsp3) is 0.688. The summed E-state index contributed by atoms with van der Waals surface area (Å²) < 4.78 is 59.7. The molecule has 0 spiro atoms. The van der Waals surface area contributed by atoms with Gasteiger partial charge in [-0.25, -0.2) is 22.9 Å². The van der Waals surface area contributed by atoms with Crippen LogP contribution in [0.1, 0.15) is 45.4 Å². The third-order valence-electron chi connectivity index (χ3n) is 4.79. The molecule has 0 saturated carbocycles. The maximum absolute atomic E-state index is 12.0. The molecule has 2 unspecified atom stereocenters. The summed E-state index contributed by atoms with van der Waals surface area (Å²) in [4.78, 5) is 8.23. The van der Waals surface area contributed by atoms with Crippen molar-refractivity contribution in [3.05, 3.63) is 17.2 Å². The summed E-state index contributed by atoms with van der Waals surface area (Å²) in [7, 11) is -5.26. The molecule has 14 heteroatoms. The van der Waals surface area contributed by atoms with E-state index < -0.39 is 28.2 Å². The maximum atomic E-state index is 12.0. The molecule has 0 aliphatic carbocycles. The number of aliphatic hydroxyl groups is 1. The minimum Gasteiger partial charge on any atom is -0.392 e. The van der Waals surface area contributed by atoms with Crippen molar-refractivity contribution in [3.63, 3.8) is 0 Å². The number of hydrogen-bond acceptors (Lipinski definition) is 7. The molecule has 1 fully saturated rings. The number of nitrogens with zero attached hydrogens (tertiary/aromatic N) is 5. The predicted octanol–water partition coefficient (Wildman–Crippen LogP) is 2.41. The summed E-state index contributed by atoms with van der Waals surface area (Å²) in [6.07, 6.45) is 1.18. The molecule has 3 rings (SSSR count). The van der Waals surface area contributed by atoms with E-state index >= 15 is 0 Å². The van der Waals surface area contributed by atoms with Crippen LogP contribution in [0, 0.1) is 5.92 Å². The van der Waals surface area contributed by atoms with Crippen molar-refractivity contribution in [1.29, 1.82) is 0 Å². The SMILES string of the molecule is CC(C)C(C)c1nc(Cl)c2cnc(N)nn12.O=S(=O)(N1CCCC(O)C1)C(F)(F)F. The van der Waals surface area contributed by atoms with Crippen LogP contribution < -0.4 is 5.73 Å². The monoisotopic (exact) mass is 472 g/mol. The van der Waals surface area contributed by atoms with E-state index in [4.69, 9.17) is 22.4 Å². The van der Waals surface area contributed by atoms with Gasteiger partial charge in [-0.3, -0.25) is 0 Å². The molecule has 1 aliphatic rings. The van der Waals surface area contributed by atoms with Crippen molar-refractivity contribution in [2.45, 2.75) is 51.1 Å². The summed E-state index contributed by atoms with van der Waals surface area (Å²) in [5.74, 6) is 1.76. The summed E-state index contributed by atoms with van der Waals surface area (Å²) >= 11 is 6.03. The number of sulfonamides is 1. The second kappa shape index (κ2) is 9.20. The minimum absolute atomic E-state index is 0.182. The first kappa shape index (κ1) is 24.6. The topological polar surface area (TPSA) is 127 Å². The van der Waals surface area contributed by atoms with E-state index in [0.717, 1.165) is 5.82 Å². The summed E-state index contributed by atoms with van der Waals surface area (Å²) in [6.45, 7) is 5.70. The van der Waals surface area contributed by atoms with Crippen molar-refractivity contribution < 1.29 is 26.7 Å². The highest BCUT2D eigenvalue weighted by molar-refractivity contribution is 7.90. The lowest BCUT2D eigenvalue weighted by molar-refractivity contribution is -0.0508. The van der Waals surface area contributed by atoms with Crippen molar-refractivity contribution in [1.82, 2.24) is 23.9 Å². The highest BCUT2D eigenvalue weighted by Crippen LogP contribution is 2.29. The van der Waals surface area contributed by atoms with Gasteiger partial charge in [-0.05, 0) is 18.8 Å². The van der Waals surface area contributed by atoms with E-state index in [0.29, 0.717) is 23.0 Å². The highest BCUT2D eigenvalue weighted by atomic mass is 35.5. The van der Waals surface area contributed by atoms with E-state index in [-0.39, 0.29) is 29.1 Å². The average Bonchev–Trinajstić information content (AvgIpc) is 2.96. The standard InChI is InChI=1S/C10H14ClN5.C6H10F3NO3S/c1-5(2)6(3)9-14-8(11)7-4-13-10(12)15-16(7)9;7-6(8,9)14(12,13)10-3-1-2-5(11)4-10/h4-6H,1-3H3,(H2,12,15);5,11H,1-4H2. The fourth-order valence-corrected chi connectivity index (χ4v) is 4.01. The molecule has 30 heavy (non-hydrogen) atoms. The Hall–Kier alpha value is -1.70. The summed E-state index contributed by atoms with van der Waals surface area (Å²) in [6, 6.07) is 0. The van der Waals surface area contributed by atoms with Crippen LogP contribution >= 0.6 is 11.6 Å². The summed E-state index contributed by atoms with van der Waals surface area (Å²) in [5, 5.41) is 13.6. The van der Waals surface area contributed by atoms with Gasteiger partial charge in [-0.15, -0.1) is 5.10 Å². The Morgan fingerprint density at radius 3 is 2.50 bits per heavy atom. The number of anilines is 1. The molecule has 3 heterocycles. The highest BCUT2D eigenvalue weighted by Gasteiger charge is 2.50. The zero-order valence-electron chi connectivity index (χ0n) is 16.6. The predicted molar refractivity (Wildman–Crippen MR) is 105 cm³/mol. The Kier molecular flexibility index (Phi) is 7.54. The van der Waals surface area contributed by atoms with Crippen molar-refractivity contribution in [2.75, 3.05) is 18.8 Å². The third kappa shape index (κ3) is 5.31. The smallest absolute Gasteiger partial charge is 0.392 e. The molecule has 0 amide bonds. The van der Waals surface area contributed by atoms with E-state index in [2.05, 4.69) is 35.8 Å². The van der Waals surface area contributed by atoms with E-state index in [1.54, 1.807) is 10.7 Å². The first-order chi connectivity index (χ1) is 13.8. The van der Waals surface area contributed by atoms with Crippen LogP contribution in [0.5, 0.6) is 0 Å². The van der Waals surface area contributed by atoms with Gasteiger partial charge in [0, 0.05) is 19.0 Å². The number of halogens is 4. The first-order valence-electron chi connectivity index (χ1n) is 9.16. The molecule has 9 nitrogen and oxygen atoms in total. The number of piperidine rings is 1. The van der Waals surface area contributed by atoms with Crippen LogP contribution in [0.25, 0.3) is 5.52 Å². The summed E-state index contributed by atoms with van der Waals surface area (Å²) in [5.41, 5.74) is 0.984. The molecule has 0 bridgehead atoms. The van der Waals surface area contributed by atoms with E-state index in [9.17, 15) is 21.6 Å². The molecular formula is C16H24ClF3N6O3S. The lowest BCUT2D eigenvalue weighted by atomic mass is 9.98. The molecule has 3 N–H and O–H groups in total. The molecular weight excluding hydrogens is 449 g/mol. The average molecular weight is 473 g/mol. The lowest BCUT2D eigenvalue weighted by Gasteiger charge is -2.29. The Morgan fingerprint density at radius 2 is 1.97 bits per heavy atom. The number of β-amino-alcohol motifs (C(OH)–C–C–N with tert-alkyl or cyclic N) is 1. The quantitative estimate of drug-likeness (QED) is 0.702. The number of nitrogen functional groups attached to an aromatic ring is 1. The van der Waals surface area contributed by atoms with Crippen LogP contribution in [0.4, 0.5) is 19.1 Å². The van der Waals surface area contributed by atoms with Gasteiger partial charge in [0.15, 0.2) is 5.15 Å². The fourth-order valence-electron chi connectivity index (χ4n) is 2.76. The zero-order valence-corrected chi connectivity index (χ0v) is 18.2. The van der Waals surface area contributed by atoms with Crippen molar-refractivity contribution in [2.24, 2.45) is 5.92 Å². The molecule has 2 aromatic heterocycles. The number of rotatable bonds is 3. The van der Waals surface area contributed by atoms with Crippen LogP contribution in [-0.4, -0.2) is 62.1 Å². The molecule has 2 atom stereocenters. The van der Waals surface area contributed by atoms with Gasteiger partial charge in [-0.1, -0.05) is 32.4 Å². The first-order valence-corrected chi connectivity index (χ1v) is 11.0. The molecule has 1 aliphatic heterocycles. The van der Waals surface area contributed by atoms with Gasteiger partial charge in [-0.2, -0.15) is 17.5 Å². The number of nitrogens with two attached hydrogens (primary N) is 1. The number of hydrogen-bond donors (Lipinski definition) is 2. The Labute approximate surface area is 177 Å². The van der Waals surface area contributed by atoms with Crippen LogP contribution in [-0.2, 0) is 10.0 Å². The largest absolute Gasteiger partial charge is 0.511 e. The second-order valence-electron chi connectivity index (χ2n) is 7.31. The van der Waals surface area contributed by atoms with Gasteiger partial charge >= 0.3 is 15.5 Å². The number of alkyl halides is 3. The van der Waals surface area contributed by atoms with E-state index in [1.807, 2.05) is 0 Å². The van der Waals surface area contributed by atoms with Crippen LogP contribution in [0.2, 0.25) is 5.15 Å². The Bertz CT molecular complexity index is 982. The van der Waals surface area contributed by atoms with Gasteiger partial charge in [0.05, 0.1) is 12.3 Å². The van der Waals surface area contributed by atoms with Gasteiger partial charge in [0.2, 0.25) is 5.95 Å². The molecule has 1 saturated heterocycles. The molecule has 2 aromatic rings. The van der Waals surface area contributed by atoms with Gasteiger partial charge in [0.1, 0.15) is 11.3 Å². The lowest BCUT2D eigenvalue weighted by Crippen LogP contribution is -2.47. The van der Waals surface area contributed by atoms with Crippen LogP contribution in [0.15, 0.2) is 6.20 Å². The zero-order chi connectivity index (χ0) is 22.9. The van der Waals surface area contributed by atoms with Crippen LogP contribution in [0.3, 0.4) is 0 Å². The number of fused-ring (bicyclic) bond motifs is 1. The van der Waals surface area contributed by atoms with Gasteiger partial charge in [0.25, 0.3) is 0 Å². The Morgan fingerprint density at radius 1 is 1.33 bits per heavy atom. The van der Waals surface area contributed by atoms with Crippen molar-refractivity contribution in [3.8, 4) is 0 Å². The number of aliphatic hydroxyl groups excluding tert-OH is 1. The number of imidazole rings is 1.